The van der Waals surface area contributed by atoms with Crippen LogP contribution in [0.1, 0.15) is 30.6 Å². The maximum Gasteiger partial charge on any atom is 0.253 e. The van der Waals surface area contributed by atoms with Gasteiger partial charge in [-0.25, -0.2) is 0 Å². The predicted octanol–water partition coefficient (Wildman–Crippen LogP) is 3.85. The Morgan fingerprint density at radius 1 is 1.35 bits per heavy atom. The number of aliphatic hydroxyl groups excluding tert-OH is 1. The highest BCUT2D eigenvalue weighted by Gasteiger charge is 2.19. The van der Waals surface area contributed by atoms with E-state index in [1.807, 2.05) is 20.1 Å². The number of aliphatic hydroxyl groups is 1. The summed E-state index contributed by atoms with van der Waals surface area (Å²) < 4.78 is 0. The number of amides is 1. The Morgan fingerprint density at radius 2 is 2.00 bits per heavy atom. The lowest BCUT2D eigenvalue weighted by Crippen LogP contribution is -2.39. The Morgan fingerprint density at radius 3 is 2.50 bits per heavy atom. The zero-order chi connectivity index (χ0) is 15.3. The molecule has 1 amide bonds. The monoisotopic (exact) mass is 335 g/mol. The average Bonchev–Trinajstić information content (AvgIpc) is 2.38. The summed E-state index contributed by atoms with van der Waals surface area (Å²) in [7, 11) is 0. The summed E-state index contributed by atoms with van der Waals surface area (Å²) in [6.45, 7) is 4.03. The van der Waals surface area contributed by atoms with Crippen LogP contribution in [0.5, 0.6) is 0 Å². The number of halogens is 2. The van der Waals surface area contributed by atoms with Gasteiger partial charge in [-0.1, -0.05) is 37.0 Å². The highest BCUT2D eigenvalue weighted by atomic mass is 35.5. The summed E-state index contributed by atoms with van der Waals surface area (Å²) in [5.74, 6) is -0.00804. The zero-order valence-corrected chi connectivity index (χ0v) is 14.1. The number of benzene rings is 1. The Kier molecular flexibility index (Phi) is 7.17. The molecule has 0 saturated heterocycles. The van der Waals surface area contributed by atoms with Crippen molar-refractivity contribution in [3.8, 4) is 0 Å². The second-order valence-electron chi connectivity index (χ2n) is 4.80. The van der Waals surface area contributed by atoms with Crippen LogP contribution in [-0.4, -0.2) is 29.9 Å². The van der Waals surface area contributed by atoms with Crippen LogP contribution in [0.15, 0.2) is 17.0 Å². The van der Waals surface area contributed by atoms with Crippen LogP contribution in [-0.2, 0) is 0 Å². The molecule has 0 saturated carbocycles. The number of thioether (sulfide) groups is 1. The van der Waals surface area contributed by atoms with Crippen LogP contribution in [0, 0.1) is 5.92 Å². The molecule has 0 aromatic heterocycles. The molecule has 20 heavy (non-hydrogen) atoms. The molecule has 1 aromatic carbocycles. The summed E-state index contributed by atoms with van der Waals surface area (Å²) in [5, 5.41) is 12.8. The molecule has 1 unspecified atom stereocenters. The molecule has 0 heterocycles. The fraction of sp³-hybridized carbons (Fsp3) is 0.500. The largest absolute Gasteiger partial charge is 0.396 e. The van der Waals surface area contributed by atoms with E-state index in [2.05, 4.69) is 5.32 Å². The molecule has 0 aliphatic heterocycles. The van der Waals surface area contributed by atoms with Crippen LogP contribution in [0.2, 0.25) is 10.0 Å². The van der Waals surface area contributed by atoms with Crippen LogP contribution < -0.4 is 5.32 Å². The lowest BCUT2D eigenvalue weighted by atomic mass is 10.0. The first-order valence-electron chi connectivity index (χ1n) is 6.35. The third-order valence-corrected chi connectivity index (χ3v) is 4.56. The number of hydrogen-bond donors (Lipinski definition) is 2. The van der Waals surface area contributed by atoms with Crippen LogP contribution in [0.25, 0.3) is 0 Å². The molecule has 0 fully saturated rings. The molecule has 0 spiro atoms. The van der Waals surface area contributed by atoms with Crippen molar-refractivity contribution in [2.75, 3.05) is 12.9 Å². The second kappa shape index (κ2) is 8.13. The number of nitrogens with one attached hydrogen (secondary N) is 1. The topological polar surface area (TPSA) is 49.3 Å². The minimum atomic E-state index is -0.242. The molecule has 1 rings (SSSR count). The normalized spacial score (nSPS) is 12.6. The lowest BCUT2D eigenvalue weighted by molar-refractivity contribution is 0.0916. The first-order valence-corrected chi connectivity index (χ1v) is 8.33. The van der Waals surface area contributed by atoms with Crippen molar-refractivity contribution in [1.29, 1.82) is 0 Å². The van der Waals surface area contributed by atoms with E-state index < -0.39 is 0 Å². The molecular formula is C14H19Cl2NO2S. The first kappa shape index (κ1) is 17.6. The van der Waals surface area contributed by atoms with Crippen LogP contribution in [0.4, 0.5) is 0 Å². The number of rotatable bonds is 6. The molecule has 0 aliphatic rings. The molecule has 112 valence electrons. The van der Waals surface area contributed by atoms with E-state index in [4.69, 9.17) is 28.3 Å². The van der Waals surface area contributed by atoms with Gasteiger partial charge in [0.05, 0.1) is 15.6 Å². The molecule has 2 N–H and O–H groups in total. The van der Waals surface area contributed by atoms with Gasteiger partial charge in [0.1, 0.15) is 0 Å². The van der Waals surface area contributed by atoms with Gasteiger partial charge >= 0.3 is 0 Å². The summed E-state index contributed by atoms with van der Waals surface area (Å²) in [5.41, 5.74) is 0.406. The van der Waals surface area contributed by atoms with Gasteiger partial charge in [-0.05, 0) is 30.7 Å². The third kappa shape index (κ3) is 4.55. The highest BCUT2D eigenvalue weighted by molar-refractivity contribution is 7.98. The summed E-state index contributed by atoms with van der Waals surface area (Å²) >= 11 is 13.6. The maximum atomic E-state index is 12.3. The van der Waals surface area contributed by atoms with Crippen LogP contribution >= 0.6 is 35.0 Å². The van der Waals surface area contributed by atoms with Gasteiger partial charge in [0.2, 0.25) is 0 Å². The van der Waals surface area contributed by atoms with Crippen molar-refractivity contribution >= 4 is 40.9 Å². The van der Waals surface area contributed by atoms with E-state index >= 15 is 0 Å². The van der Waals surface area contributed by atoms with Gasteiger partial charge in [0, 0.05) is 17.5 Å². The van der Waals surface area contributed by atoms with Gasteiger partial charge in [-0.3, -0.25) is 4.79 Å². The van der Waals surface area contributed by atoms with E-state index in [9.17, 15) is 4.79 Å². The van der Waals surface area contributed by atoms with Crippen molar-refractivity contribution in [1.82, 2.24) is 5.32 Å². The quantitative estimate of drug-likeness (QED) is 0.776. The highest BCUT2D eigenvalue weighted by Crippen LogP contribution is 2.31. The molecule has 6 heteroatoms. The molecular weight excluding hydrogens is 317 g/mol. The van der Waals surface area contributed by atoms with Gasteiger partial charge < -0.3 is 10.4 Å². The first-order chi connectivity index (χ1) is 9.40. The second-order valence-corrected chi connectivity index (χ2v) is 6.47. The zero-order valence-electron chi connectivity index (χ0n) is 11.7. The van der Waals surface area contributed by atoms with Gasteiger partial charge in [0.25, 0.3) is 5.91 Å². The SMILES string of the molecule is CSc1cc(C(=O)NC(CCO)C(C)C)c(Cl)cc1Cl. The van der Waals surface area contributed by atoms with Crippen molar-refractivity contribution in [2.24, 2.45) is 5.92 Å². The molecule has 0 radical (unpaired) electrons. The predicted molar refractivity (Wildman–Crippen MR) is 86.0 cm³/mol. The molecule has 0 aliphatic carbocycles. The van der Waals surface area contributed by atoms with Gasteiger partial charge in [0.15, 0.2) is 0 Å². The Balaban J connectivity index is 2.96. The van der Waals surface area contributed by atoms with Crippen molar-refractivity contribution in [3.05, 3.63) is 27.7 Å². The lowest BCUT2D eigenvalue weighted by Gasteiger charge is -2.22. The molecule has 3 nitrogen and oxygen atoms in total. The van der Waals surface area contributed by atoms with E-state index in [0.717, 1.165) is 4.90 Å². The van der Waals surface area contributed by atoms with Crippen molar-refractivity contribution in [3.63, 3.8) is 0 Å². The number of carbonyl (C=O) groups excluding carboxylic acids is 1. The number of hydrogen-bond acceptors (Lipinski definition) is 3. The van der Waals surface area contributed by atoms with Gasteiger partial charge in [-0.2, -0.15) is 0 Å². The fourth-order valence-electron chi connectivity index (χ4n) is 1.82. The van der Waals surface area contributed by atoms with E-state index in [1.54, 1.807) is 12.1 Å². The molecule has 1 aromatic rings. The molecule has 0 bridgehead atoms. The van der Waals surface area contributed by atoms with E-state index in [1.165, 1.54) is 11.8 Å². The minimum absolute atomic E-state index is 0.0353. The number of carbonyl (C=O) groups is 1. The fourth-order valence-corrected chi connectivity index (χ4v) is 3.01. The average molecular weight is 336 g/mol. The Labute approximate surface area is 134 Å². The van der Waals surface area contributed by atoms with Crippen molar-refractivity contribution < 1.29 is 9.90 Å². The minimum Gasteiger partial charge on any atom is -0.396 e. The Bertz CT molecular complexity index is 480. The molecule has 1 atom stereocenters. The third-order valence-electron chi connectivity index (χ3n) is 3.05. The smallest absolute Gasteiger partial charge is 0.253 e. The maximum absolute atomic E-state index is 12.3. The van der Waals surface area contributed by atoms with E-state index in [0.29, 0.717) is 22.0 Å². The van der Waals surface area contributed by atoms with Crippen molar-refractivity contribution in [2.45, 2.75) is 31.2 Å². The summed E-state index contributed by atoms with van der Waals surface area (Å²) in [6, 6.07) is 3.19. The summed E-state index contributed by atoms with van der Waals surface area (Å²) in [6.07, 6.45) is 2.41. The van der Waals surface area contributed by atoms with Gasteiger partial charge in [-0.15, -0.1) is 11.8 Å². The van der Waals surface area contributed by atoms with Crippen LogP contribution in [0.3, 0.4) is 0 Å². The summed E-state index contributed by atoms with van der Waals surface area (Å²) in [4.78, 5) is 13.1. The standard InChI is InChI=1S/C14H19Cl2NO2S/c1-8(2)12(4-5-18)17-14(19)9-6-13(20-3)11(16)7-10(9)15/h6-8,12,18H,4-5H2,1-3H3,(H,17,19). The Hall–Kier alpha value is -0.420. The van der Waals surface area contributed by atoms with E-state index in [-0.39, 0.29) is 24.5 Å².